The van der Waals surface area contributed by atoms with Crippen LogP contribution >= 0.6 is 23.2 Å². The summed E-state index contributed by atoms with van der Waals surface area (Å²) in [6.45, 7) is 6.01. The van der Waals surface area contributed by atoms with E-state index in [9.17, 15) is 13.2 Å². The highest BCUT2D eigenvalue weighted by Gasteiger charge is 2.17. The Bertz CT molecular complexity index is 1270. The molecule has 0 atom stereocenters. The average Bonchev–Trinajstić information content (AvgIpc) is 2.77. The number of carbonyl (C=O) groups excluding carboxylic acids is 1. The van der Waals surface area contributed by atoms with Gasteiger partial charge in [0.05, 0.1) is 21.5 Å². The van der Waals surface area contributed by atoms with Crippen molar-refractivity contribution in [3.63, 3.8) is 0 Å². The first-order chi connectivity index (χ1) is 16.6. The van der Waals surface area contributed by atoms with Gasteiger partial charge in [-0.2, -0.15) is 0 Å². The molecule has 1 aromatic heterocycles. The summed E-state index contributed by atoms with van der Waals surface area (Å²) in [6, 6.07) is 10.2. The van der Waals surface area contributed by atoms with Crippen molar-refractivity contribution in [2.75, 3.05) is 16.6 Å². The highest BCUT2D eigenvalue weighted by atomic mass is 35.5. The van der Waals surface area contributed by atoms with Gasteiger partial charge in [-0.3, -0.25) is 9.52 Å². The first kappa shape index (κ1) is 26.7. The number of hydrogen-bond acceptors (Lipinski definition) is 6. The van der Waals surface area contributed by atoms with Crippen molar-refractivity contribution in [3.8, 4) is 5.75 Å². The predicted molar refractivity (Wildman–Crippen MR) is 138 cm³/mol. The second kappa shape index (κ2) is 11.7. The number of amides is 1. The smallest absolute Gasteiger partial charge is 0.263 e. The molecule has 0 radical (unpaired) electrons. The van der Waals surface area contributed by atoms with Gasteiger partial charge in [-0.25, -0.2) is 18.4 Å². The highest BCUT2D eigenvalue weighted by molar-refractivity contribution is 7.92. The van der Waals surface area contributed by atoms with Crippen LogP contribution in [0.1, 0.15) is 48.1 Å². The molecule has 2 aromatic carbocycles. The van der Waals surface area contributed by atoms with Gasteiger partial charge in [0.25, 0.3) is 15.9 Å². The quantitative estimate of drug-likeness (QED) is 0.306. The first-order valence-electron chi connectivity index (χ1n) is 11.0. The van der Waals surface area contributed by atoms with Gasteiger partial charge in [-0.1, -0.05) is 43.0 Å². The average molecular weight is 537 g/mol. The molecule has 0 fully saturated rings. The summed E-state index contributed by atoms with van der Waals surface area (Å²) in [6.07, 6.45) is 2.98. The molecule has 1 amide bonds. The fourth-order valence-electron chi connectivity index (χ4n) is 3.24. The van der Waals surface area contributed by atoms with Crippen LogP contribution in [0.5, 0.6) is 5.75 Å². The number of anilines is 2. The van der Waals surface area contributed by atoms with Crippen molar-refractivity contribution in [1.82, 2.24) is 9.97 Å². The third-order valence-corrected chi connectivity index (χ3v) is 6.81. The van der Waals surface area contributed by atoms with E-state index in [0.29, 0.717) is 29.6 Å². The number of nitrogens with one attached hydrogen (secondary N) is 2. The molecule has 186 valence electrons. The molecule has 0 aliphatic heterocycles. The largest absolute Gasteiger partial charge is 0.490 e. The van der Waals surface area contributed by atoms with Crippen LogP contribution in [0.25, 0.3) is 0 Å². The van der Waals surface area contributed by atoms with Crippen molar-refractivity contribution in [1.29, 1.82) is 0 Å². The maximum atomic E-state index is 12.7. The van der Waals surface area contributed by atoms with Crippen molar-refractivity contribution >= 4 is 50.6 Å². The standard InChI is InChI=1S/C24H26Cl2N4O4S/c1-4-5-6-11-34-23-20(25)13-17(14-21(23)26)24(31)29-18-7-9-19(10-8-18)35(32,33)30-22-12-15(2)27-16(3)28-22/h7-10,12-14H,4-6,11H2,1-3H3,(H,29,31)(H,27,28,30). The van der Waals surface area contributed by atoms with E-state index in [1.54, 1.807) is 13.8 Å². The number of benzene rings is 2. The van der Waals surface area contributed by atoms with Crippen LogP contribution in [-0.4, -0.2) is 30.9 Å². The summed E-state index contributed by atoms with van der Waals surface area (Å²) in [4.78, 5) is 20.9. The lowest BCUT2D eigenvalue weighted by Gasteiger charge is -2.12. The number of sulfonamides is 1. The Morgan fingerprint density at radius 3 is 2.26 bits per heavy atom. The number of unbranched alkanes of at least 4 members (excludes halogenated alkanes) is 2. The van der Waals surface area contributed by atoms with Crippen LogP contribution in [-0.2, 0) is 10.0 Å². The molecule has 0 saturated heterocycles. The number of hydrogen-bond donors (Lipinski definition) is 2. The van der Waals surface area contributed by atoms with Gasteiger partial charge in [-0.05, 0) is 56.7 Å². The zero-order chi connectivity index (χ0) is 25.6. The molecule has 0 aliphatic rings. The first-order valence-corrected chi connectivity index (χ1v) is 13.2. The minimum atomic E-state index is -3.87. The van der Waals surface area contributed by atoms with E-state index in [1.165, 1.54) is 42.5 Å². The van der Waals surface area contributed by atoms with E-state index in [2.05, 4.69) is 26.9 Å². The number of aryl methyl sites for hydroxylation is 2. The van der Waals surface area contributed by atoms with Crippen molar-refractivity contribution in [2.24, 2.45) is 0 Å². The van der Waals surface area contributed by atoms with Gasteiger partial charge >= 0.3 is 0 Å². The summed E-state index contributed by atoms with van der Waals surface area (Å²) >= 11 is 12.6. The van der Waals surface area contributed by atoms with Gasteiger partial charge in [0.2, 0.25) is 0 Å². The lowest BCUT2D eigenvalue weighted by atomic mass is 10.2. The lowest BCUT2D eigenvalue weighted by Crippen LogP contribution is -2.15. The maximum Gasteiger partial charge on any atom is 0.263 e. The summed E-state index contributed by atoms with van der Waals surface area (Å²) in [5.74, 6) is 0.528. The number of nitrogens with zero attached hydrogens (tertiary/aromatic N) is 2. The zero-order valence-electron chi connectivity index (χ0n) is 19.6. The number of halogens is 2. The monoisotopic (exact) mass is 536 g/mol. The number of ether oxygens (including phenoxy) is 1. The van der Waals surface area contributed by atoms with Crippen molar-refractivity contribution in [3.05, 3.63) is 69.6 Å². The zero-order valence-corrected chi connectivity index (χ0v) is 21.9. The van der Waals surface area contributed by atoms with E-state index in [0.717, 1.165) is 19.3 Å². The van der Waals surface area contributed by atoms with Gasteiger partial charge < -0.3 is 10.1 Å². The van der Waals surface area contributed by atoms with Crippen LogP contribution < -0.4 is 14.8 Å². The van der Waals surface area contributed by atoms with Crippen LogP contribution in [0, 0.1) is 13.8 Å². The van der Waals surface area contributed by atoms with E-state index in [1.807, 2.05) is 0 Å². The Kier molecular flexibility index (Phi) is 8.93. The molecular weight excluding hydrogens is 511 g/mol. The van der Waals surface area contributed by atoms with Crippen LogP contribution in [0.3, 0.4) is 0 Å². The third kappa shape index (κ3) is 7.30. The molecule has 35 heavy (non-hydrogen) atoms. The molecule has 3 rings (SSSR count). The highest BCUT2D eigenvalue weighted by Crippen LogP contribution is 2.34. The van der Waals surface area contributed by atoms with Crippen molar-refractivity contribution in [2.45, 2.75) is 44.9 Å². The molecule has 0 aliphatic carbocycles. The Morgan fingerprint density at radius 1 is 1.00 bits per heavy atom. The summed E-state index contributed by atoms with van der Waals surface area (Å²) < 4.78 is 33.5. The molecule has 3 aromatic rings. The topological polar surface area (TPSA) is 110 Å². The van der Waals surface area contributed by atoms with Gasteiger partial charge in [-0.15, -0.1) is 0 Å². The molecular formula is C24H26Cl2N4O4S. The normalized spacial score (nSPS) is 11.2. The lowest BCUT2D eigenvalue weighted by molar-refractivity contribution is 0.102. The van der Waals surface area contributed by atoms with Gasteiger partial charge in [0.15, 0.2) is 5.75 Å². The van der Waals surface area contributed by atoms with E-state index in [-0.39, 0.29) is 26.3 Å². The molecule has 8 nitrogen and oxygen atoms in total. The molecule has 11 heteroatoms. The van der Waals surface area contributed by atoms with Gasteiger partial charge in [0, 0.05) is 23.0 Å². The summed E-state index contributed by atoms with van der Waals surface area (Å²) in [5, 5.41) is 3.18. The SMILES string of the molecule is CCCCCOc1c(Cl)cc(C(=O)Nc2ccc(S(=O)(=O)Nc3cc(C)nc(C)n3)cc2)cc1Cl. The fraction of sp³-hybridized carbons (Fsp3) is 0.292. The molecule has 2 N–H and O–H groups in total. The van der Waals surface area contributed by atoms with Crippen LogP contribution in [0.4, 0.5) is 11.5 Å². The molecule has 0 spiro atoms. The number of carbonyl (C=O) groups is 1. The Balaban J connectivity index is 1.68. The van der Waals surface area contributed by atoms with Crippen LogP contribution in [0.2, 0.25) is 10.0 Å². The third-order valence-electron chi connectivity index (χ3n) is 4.88. The van der Waals surface area contributed by atoms with E-state index < -0.39 is 15.9 Å². The Hall–Kier alpha value is -2.88. The van der Waals surface area contributed by atoms with E-state index >= 15 is 0 Å². The molecule has 0 unspecified atom stereocenters. The Morgan fingerprint density at radius 2 is 1.66 bits per heavy atom. The molecule has 0 saturated carbocycles. The second-order valence-electron chi connectivity index (χ2n) is 7.85. The van der Waals surface area contributed by atoms with Crippen LogP contribution in [0.15, 0.2) is 47.4 Å². The summed E-state index contributed by atoms with van der Waals surface area (Å²) in [5.41, 5.74) is 1.29. The van der Waals surface area contributed by atoms with Crippen molar-refractivity contribution < 1.29 is 17.9 Å². The number of aromatic nitrogens is 2. The molecule has 1 heterocycles. The maximum absolute atomic E-state index is 12.7. The fourth-order valence-corrected chi connectivity index (χ4v) is 4.83. The Labute approximate surface area is 215 Å². The second-order valence-corrected chi connectivity index (χ2v) is 10.3. The summed E-state index contributed by atoms with van der Waals surface area (Å²) in [7, 11) is -3.87. The number of rotatable bonds is 10. The minimum absolute atomic E-state index is 0.0140. The minimum Gasteiger partial charge on any atom is -0.490 e. The van der Waals surface area contributed by atoms with Gasteiger partial charge in [0.1, 0.15) is 11.6 Å². The van der Waals surface area contributed by atoms with E-state index in [4.69, 9.17) is 27.9 Å². The molecule has 0 bridgehead atoms. The predicted octanol–water partition coefficient (Wildman–Crippen LogP) is 6.02.